The van der Waals surface area contributed by atoms with Crippen molar-refractivity contribution < 1.29 is 4.79 Å². The van der Waals surface area contributed by atoms with E-state index in [-0.39, 0.29) is 18.0 Å². The summed E-state index contributed by atoms with van der Waals surface area (Å²) in [4.78, 5) is 34.7. The Morgan fingerprint density at radius 1 is 0.806 bits per heavy atom. The maximum atomic E-state index is 13.1. The van der Waals surface area contributed by atoms with Gasteiger partial charge >= 0.3 is 0 Å². The molecule has 1 aromatic heterocycles. The molecule has 5 heteroatoms. The van der Waals surface area contributed by atoms with Crippen LogP contribution in [0.25, 0.3) is 10.9 Å². The number of fused-ring (bicyclic) bond motifs is 1. The van der Waals surface area contributed by atoms with Crippen LogP contribution in [0.5, 0.6) is 0 Å². The van der Waals surface area contributed by atoms with Crippen LogP contribution in [-0.4, -0.2) is 20.8 Å². The molecule has 4 rings (SSSR count). The number of hydrogen-bond donors (Lipinski definition) is 1. The number of amides is 1. The summed E-state index contributed by atoms with van der Waals surface area (Å²) in [6.07, 6.45) is 2.08. The van der Waals surface area contributed by atoms with Crippen molar-refractivity contribution in [3.63, 3.8) is 0 Å². The van der Waals surface area contributed by atoms with Crippen molar-refractivity contribution in [1.82, 2.24) is 14.9 Å². The first-order valence-electron chi connectivity index (χ1n) is 10.5. The molecule has 0 aliphatic carbocycles. The van der Waals surface area contributed by atoms with Gasteiger partial charge in [-0.2, -0.15) is 0 Å². The Kier molecular flexibility index (Phi) is 6.53. The Morgan fingerprint density at radius 2 is 1.45 bits per heavy atom. The van der Waals surface area contributed by atoms with Gasteiger partial charge in [0.15, 0.2) is 0 Å². The lowest BCUT2D eigenvalue weighted by molar-refractivity contribution is -0.132. The van der Waals surface area contributed by atoms with Gasteiger partial charge in [0.25, 0.3) is 5.56 Å². The summed E-state index contributed by atoms with van der Waals surface area (Å²) in [5.41, 5.74) is 2.72. The van der Waals surface area contributed by atoms with Crippen LogP contribution >= 0.6 is 0 Å². The minimum Gasteiger partial charge on any atom is -0.331 e. The van der Waals surface area contributed by atoms with Crippen molar-refractivity contribution >= 4 is 16.8 Å². The number of aromatic amines is 1. The van der Waals surface area contributed by atoms with Crippen LogP contribution in [0.15, 0.2) is 89.7 Å². The average molecular weight is 412 g/mol. The zero-order valence-corrected chi connectivity index (χ0v) is 17.3. The second-order valence-corrected chi connectivity index (χ2v) is 7.60. The summed E-state index contributed by atoms with van der Waals surface area (Å²) < 4.78 is 0. The number of rotatable bonds is 8. The molecule has 0 bridgehead atoms. The summed E-state index contributed by atoms with van der Waals surface area (Å²) in [5.74, 6) is 0.548. The molecular formula is C26H25N3O2. The first kappa shape index (κ1) is 20.5. The van der Waals surface area contributed by atoms with Gasteiger partial charge in [-0.05, 0) is 36.1 Å². The molecule has 0 saturated heterocycles. The number of nitrogens with zero attached hydrogens (tertiary/aromatic N) is 2. The van der Waals surface area contributed by atoms with Crippen LogP contribution in [0.3, 0.4) is 0 Å². The fourth-order valence-electron chi connectivity index (χ4n) is 3.67. The molecule has 0 atom stereocenters. The maximum absolute atomic E-state index is 13.1. The van der Waals surface area contributed by atoms with Crippen LogP contribution in [0.1, 0.15) is 29.8 Å². The minimum atomic E-state index is -0.184. The van der Waals surface area contributed by atoms with Gasteiger partial charge < -0.3 is 9.88 Å². The van der Waals surface area contributed by atoms with Gasteiger partial charge in [0, 0.05) is 13.0 Å². The lowest BCUT2D eigenvalue weighted by Crippen LogP contribution is -2.31. The Hall–Kier alpha value is -3.73. The highest BCUT2D eigenvalue weighted by Gasteiger charge is 2.16. The third kappa shape index (κ3) is 5.45. The predicted molar refractivity (Wildman–Crippen MR) is 122 cm³/mol. The number of para-hydroxylation sites is 1. The van der Waals surface area contributed by atoms with Gasteiger partial charge in [-0.3, -0.25) is 9.59 Å². The number of benzene rings is 3. The van der Waals surface area contributed by atoms with Crippen molar-refractivity contribution in [1.29, 1.82) is 0 Å². The number of hydrogen-bond acceptors (Lipinski definition) is 3. The third-order valence-corrected chi connectivity index (χ3v) is 5.27. The van der Waals surface area contributed by atoms with E-state index in [0.29, 0.717) is 29.7 Å². The number of carbonyl (C=O) groups is 1. The van der Waals surface area contributed by atoms with E-state index in [1.165, 1.54) is 5.56 Å². The summed E-state index contributed by atoms with van der Waals surface area (Å²) in [6, 6.07) is 27.3. The van der Waals surface area contributed by atoms with Gasteiger partial charge in [0.2, 0.25) is 5.91 Å². The molecule has 0 aliphatic heterocycles. The van der Waals surface area contributed by atoms with Gasteiger partial charge in [0.05, 0.1) is 17.4 Å². The molecule has 5 nitrogen and oxygen atoms in total. The number of aryl methyl sites for hydroxylation is 1. The van der Waals surface area contributed by atoms with Gasteiger partial charge in [0.1, 0.15) is 5.82 Å². The Bertz CT molecular complexity index is 1200. The predicted octanol–water partition coefficient (Wildman–Crippen LogP) is 4.47. The van der Waals surface area contributed by atoms with E-state index in [1.54, 1.807) is 11.0 Å². The zero-order chi connectivity index (χ0) is 21.5. The first-order valence-corrected chi connectivity index (χ1v) is 10.5. The number of H-pyrrole nitrogens is 1. The molecule has 0 aliphatic rings. The smallest absolute Gasteiger partial charge is 0.258 e. The summed E-state index contributed by atoms with van der Waals surface area (Å²) in [6.45, 7) is 0.737. The molecule has 3 aromatic carbocycles. The Labute approximate surface area is 181 Å². The number of aromatic nitrogens is 2. The highest BCUT2D eigenvalue weighted by Crippen LogP contribution is 2.13. The molecule has 1 amide bonds. The van der Waals surface area contributed by atoms with Crippen LogP contribution in [0.2, 0.25) is 0 Å². The van der Waals surface area contributed by atoms with Crippen LogP contribution < -0.4 is 5.56 Å². The highest BCUT2D eigenvalue weighted by molar-refractivity contribution is 5.78. The largest absolute Gasteiger partial charge is 0.331 e. The molecular weight excluding hydrogens is 386 g/mol. The van der Waals surface area contributed by atoms with Crippen LogP contribution in [0, 0.1) is 0 Å². The normalized spacial score (nSPS) is 10.8. The van der Waals surface area contributed by atoms with Crippen LogP contribution in [0.4, 0.5) is 0 Å². The van der Waals surface area contributed by atoms with E-state index in [1.807, 2.05) is 66.7 Å². The number of carbonyl (C=O) groups excluding carboxylic acids is 1. The summed E-state index contributed by atoms with van der Waals surface area (Å²) in [5, 5.41) is 0.551. The van der Waals surface area contributed by atoms with Crippen molar-refractivity contribution in [3.05, 3.63) is 112 Å². The first-order chi connectivity index (χ1) is 15.2. The summed E-state index contributed by atoms with van der Waals surface area (Å²) in [7, 11) is 0. The van der Waals surface area contributed by atoms with E-state index in [4.69, 9.17) is 0 Å². The minimum absolute atomic E-state index is 0.0515. The fraction of sp³-hybridized carbons (Fsp3) is 0.192. The highest BCUT2D eigenvalue weighted by atomic mass is 16.2. The summed E-state index contributed by atoms with van der Waals surface area (Å²) >= 11 is 0. The average Bonchev–Trinajstić information content (AvgIpc) is 2.80. The van der Waals surface area contributed by atoms with Crippen molar-refractivity contribution in [2.24, 2.45) is 0 Å². The lowest BCUT2D eigenvalue weighted by atomic mass is 10.1. The molecule has 0 radical (unpaired) electrons. The molecule has 31 heavy (non-hydrogen) atoms. The van der Waals surface area contributed by atoms with Crippen molar-refractivity contribution in [3.8, 4) is 0 Å². The Balaban J connectivity index is 1.51. The SMILES string of the molecule is O=C(CCCc1ccccc1)N(Cc1ccccc1)Cc1nc2ccccc2c(=O)[nH]1. The quantitative estimate of drug-likeness (QED) is 0.465. The van der Waals surface area contributed by atoms with Gasteiger partial charge in [-0.25, -0.2) is 4.98 Å². The van der Waals surface area contributed by atoms with E-state index in [2.05, 4.69) is 22.1 Å². The third-order valence-electron chi connectivity index (χ3n) is 5.27. The Morgan fingerprint density at radius 3 is 2.19 bits per heavy atom. The monoisotopic (exact) mass is 411 g/mol. The molecule has 0 saturated carbocycles. The topological polar surface area (TPSA) is 66.1 Å². The standard InChI is InChI=1S/C26H25N3O2/c30-25(17-9-14-20-10-3-1-4-11-20)29(18-21-12-5-2-6-13-21)19-24-27-23-16-8-7-15-22(23)26(31)28-24/h1-8,10-13,15-16H,9,14,17-19H2,(H,27,28,31). The van der Waals surface area contributed by atoms with E-state index >= 15 is 0 Å². The number of nitrogens with one attached hydrogen (secondary N) is 1. The molecule has 0 spiro atoms. The lowest BCUT2D eigenvalue weighted by Gasteiger charge is -2.22. The fourth-order valence-corrected chi connectivity index (χ4v) is 3.67. The van der Waals surface area contributed by atoms with Crippen LogP contribution in [-0.2, 0) is 24.3 Å². The van der Waals surface area contributed by atoms with Gasteiger partial charge in [-0.1, -0.05) is 72.8 Å². The molecule has 0 fully saturated rings. The van der Waals surface area contributed by atoms with E-state index in [0.717, 1.165) is 18.4 Å². The van der Waals surface area contributed by atoms with E-state index in [9.17, 15) is 9.59 Å². The molecule has 1 N–H and O–H groups in total. The zero-order valence-electron chi connectivity index (χ0n) is 17.3. The molecule has 0 unspecified atom stereocenters. The second kappa shape index (κ2) is 9.85. The molecule has 156 valence electrons. The van der Waals surface area contributed by atoms with E-state index < -0.39 is 0 Å². The van der Waals surface area contributed by atoms with Crippen molar-refractivity contribution in [2.75, 3.05) is 0 Å². The molecule has 1 heterocycles. The second-order valence-electron chi connectivity index (χ2n) is 7.60. The maximum Gasteiger partial charge on any atom is 0.258 e. The van der Waals surface area contributed by atoms with Gasteiger partial charge in [-0.15, -0.1) is 0 Å². The molecule has 4 aromatic rings. The van der Waals surface area contributed by atoms with Crippen molar-refractivity contribution in [2.45, 2.75) is 32.4 Å².